The standard InChI is InChI=1S/C14H12ClN5O3/c1-7(17-14(22)23)12-18-9-4-2-3-8(15)11(9)13(21)20(12)10-5-6-16-19-10/h2-7,17H,1H3,(H,16,19)(H,22,23). The van der Waals surface area contributed by atoms with Crippen molar-refractivity contribution in [3.05, 3.63) is 51.7 Å². The van der Waals surface area contributed by atoms with Crippen molar-refractivity contribution in [1.82, 2.24) is 25.1 Å². The number of nitrogens with one attached hydrogen (secondary N) is 2. The molecule has 0 spiro atoms. The third-order valence-electron chi connectivity index (χ3n) is 3.33. The largest absolute Gasteiger partial charge is 0.465 e. The number of hydrogen-bond donors (Lipinski definition) is 3. The van der Waals surface area contributed by atoms with Gasteiger partial charge in [-0.25, -0.2) is 14.3 Å². The second-order valence-electron chi connectivity index (χ2n) is 4.86. The fraction of sp³-hybridized carbons (Fsp3) is 0.143. The molecule has 3 rings (SSSR count). The highest BCUT2D eigenvalue weighted by molar-refractivity contribution is 6.35. The zero-order valence-electron chi connectivity index (χ0n) is 11.9. The van der Waals surface area contributed by atoms with Crippen LogP contribution in [0, 0.1) is 0 Å². The summed E-state index contributed by atoms with van der Waals surface area (Å²) in [5.74, 6) is 0.606. The molecule has 0 fully saturated rings. The van der Waals surface area contributed by atoms with Crippen LogP contribution in [-0.2, 0) is 0 Å². The first-order valence-electron chi connectivity index (χ1n) is 6.69. The summed E-state index contributed by atoms with van der Waals surface area (Å²) < 4.78 is 1.27. The number of amides is 1. The average molecular weight is 334 g/mol. The van der Waals surface area contributed by atoms with E-state index in [9.17, 15) is 9.59 Å². The van der Waals surface area contributed by atoms with Gasteiger partial charge in [0.25, 0.3) is 5.56 Å². The summed E-state index contributed by atoms with van der Waals surface area (Å²) in [6.07, 6.45) is 0.270. The van der Waals surface area contributed by atoms with Gasteiger partial charge in [-0.3, -0.25) is 9.89 Å². The number of nitrogens with zero attached hydrogens (tertiary/aromatic N) is 3. The van der Waals surface area contributed by atoms with E-state index in [1.165, 1.54) is 10.8 Å². The van der Waals surface area contributed by atoms with E-state index in [0.717, 1.165) is 0 Å². The molecule has 0 aliphatic carbocycles. The smallest absolute Gasteiger partial charge is 0.405 e. The summed E-state index contributed by atoms with van der Waals surface area (Å²) in [6.45, 7) is 1.60. The zero-order valence-corrected chi connectivity index (χ0v) is 12.7. The van der Waals surface area contributed by atoms with Crippen molar-refractivity contribution >= 4 is 28.6 Å². The molecule has 2 heterocycles. The maximum absolute atomic E-state index is 12.9. The summed E-state index contributed by atoms with van der Waals surface area (Å²) in [5, 5.41) is 18.3. The quantitative estimate of drug-likeness (QED) is 0.679. The molecule has 3 aromatic rings. The monoisotopic (exact) mass is 333 g/mol. The van der Waals surface area contributed by atoms with E-state index in [4.69, 9.17) is 16.7 Å². The highest BCUT2D eigenvalue weighted by Gasteiger charge is 2.20. The second kappa shape index (κ2) is 5.73. The lowest BCUT2D eigenvalue weighted by atomic mass is 10.2. The van der Waals surface area contributed by atoms with Gasteiger partial charge in [0.15, 0.2) is 0 Å². The molecule has 3 N–H and O–H groups in total. The average Bonchev–Trinajstić information content (AvgIpc) is 3.00. The molecule has 118 valence electrons. The third kappa shape index (κ3) is 2.64. The van der Waals surface area contributed by atoms with Crippen molar-refractivity contribution in [2.75, 3.05) is 0 Å². The number of halogens is 1. The minimum absolute atomic E-state index is 0.233. The molecule has 23 heavy (non-hydrogen) atoms. The molecule has 2 aromatic heterocycles. The van der Waals surface area contributed by atoms with Crippen molar-refractivity contribution in [3.63, 3.8) is 0 Å². The summed E-state index contributed by atoms with van der Waals surface area (Å²) in [6, 6.07) is 5.80. The molecule has 0 radical (unpaired) electrons. The van der Waals surface area contributed by atoms with Crippen LogP contribution < -0.4 is 10.9 Å². The van der Waals surface area contributed by atoms with Gasteiger partial charge < -0.3 is 10.4 Å². The number of fused-ring (bicyclic) bond motifs is 1. The Balaban J connectivity index is 2.36. The van der Waals surface area contributed by atoms with Crippen LogP contribution in [0.5, 0.6) is 0 Å². The molecule has 1 amide bonds. The van der Waals surface area contributed by atoms with E-state index >= 15 is 0 Å². The lowest BCUT2D eigenvalue weighted by molar-refractivity contribution is 0.190. The topological polar surface area (TPSA) is 113 Å². The van der Waals surface area contributed by atoms with Gasteiger partial charge in [-0.15, -0.1) is 0 Å². The number of hydrogen-bond acceptors (Lipinski definition) is 4. The normalized spacial score (nSPS) is 12.3. The summed E-state index contributed by atoms with van der Waals surface area (Å²) in [4.78, 5) is 28.2. The second-order valence-corrected chi connectivity index (χ2v) is 5.26. The van der Waals surface area contributed by atoms with Crippen LogP contribution in [0.3, 0.4) is 0 Å². The van der Waals surface area contributed by atoms with Crippen LogP contribution in [0.25, 0.3) is 16.7 Å². The highest BCUT2D eigenvalue weighted by atomic mass is 35.5. The van der Waals surface area contributed by atoms with Gasteiger partial charge in [-0.05, 0) is 19.1 Å². The molecular weight excluding hydrogens is 322 g/mol. The number of benzene rings is 1. The summed E-state index contributed by atoms with van der Waals surface area (Å²) in [7, 11) is 0. The van der Waals surface area contributed by atoms with E-state index in [1.807, 2.05) is 0 Å². The Labute approximate surface area is 134 Å². The minimum atomic E-state index is -1.21. The maximum atomic E-state index is 12.9. The van der Waals surface area contributed by atoms with E-state index in [0.29, 0.717) is 11.3 Å². The van der Waals surface area contributed by atoms with Gasteiger partial charge in [-0.2, -0.15) is 5.10 Å². The van der Waals surface area contributed by atoms with Crippen LogP contribution >= 0.6 is 11.6 Å². The third-order valence-corrected chi connectivity index (χ3v) is 3.64. The molecule has 0 saturated carbocycles. The van der Waals surface area contributed by atoms with Crippen LogP contribution in [-0.4, -0.2) is 30.9 Å². The first-order valence-corrected chi connectivity index (χ1v) is 7.07. The predicted octanol–water partition coefficient (Wildman–Crippen LogP) is 2.09. The molecular formula is C14H12ClN5O3. The fourth-order valence-corrected chi connectivity index (χ4v) is 2.60. The molecule has 9 heteroatoms. The lowest BCUT2D eigenvalue weighted by Gasteiger charge is -2.17. The Bertz CT molecular complexity index is 935. The van der Waals surface area contributed by atoms with Gasteiger partial charge in [-0.1, -0.05) is 17.7 Å². The molecule has 0 bridgehead atoms. The Morgan fingerprint density at radius 2 is 2.22 bits per heavy atom. The number of H-pyrrole nitrogens is 1. The van der Waals surface area contributed by atoms with Gasteiger partial charge in [0.2, 0.25) is 0 Å². The number of carboxylic acid groups (broad SMARTS) is 1. The van der Waals surface area contributed by atoms with Crippen LogP contribution in [0.2, 0.25) is 5.02 Å². The fourth-order valence-electron chi connectivity index (χ4n) is 2.35. The number of aromatic amines is 1. The van der Waals surface area contributed by atoms with Gasteiger partial charge >= 0.3 is 6.09 Å². The molecule has 8 nitrogen and oxygen atoms in total. The van der Waals surface area contributed by atoms with Crippen molar-refractivity contribution in [2.45, 2.75) is 13.0 Å². The van der Waals surface area contributed by atoms with E-state index in [-0.39, 0.29) is 16.2 Å². The van der Waals surface area contributed by atoms with Gasteiger partial charge in [0.1, 0.15) is 11.6 Å². The van der Waals surface area contributed by atoms with Gasteiger partial charge in [0.05, 0.1) is 28.2 Å². The SMILES string of the molecule is CC(NC(=O)O)c1nc2cccc(Cl)c2c(=O)n1-c1ccn[nH]1. The molecule has 1 aromatic carbocycles. The zero-order chi connectivity index (χ0) is 16.6. The molecule has 0 saturated heterocycles. The first-order chi connectivity index (χ1) is 11.0. The van der Waals surface area contributed by atoms with Crippen LogP contribution in [0.4, 0.5) is 4.79 Å². The Kier molecular flexibility index (Phi) is 3.75. The summed E-state index contributed by atoms with van der Waals surface area (Å²) >= 11 is 6.12. The molecule has 1 unspecified atom stereocenters. The van der Waals surface area contributed by atoms with Crippen molar-refractivity contribution in [1.29, 1.82) is 0 Å². The molecule has 0 aliphatic rings. The van der Waals surface area contributed by atoms with Crippen molar-refractivity contribution in [2.24, 2.45) is 0 Å². The van der Waals surface area contributed by atoms with Crippen molar-refractivity contribution < 1.29 is 9.90 Å². The van der Waals surface area contributed by atoms with Crippen molar-refractivity contribution in [3.8, 4) is 5.82 Å². The molecule has 1 atom stereocenters. The maximum Gasteiger partial charge on any atom is 0.405 e. The first kappa shape index (κ1) is 15.0. The minimum Gasteiger partial charge on any atom is -0.465 e. The van der Waals surface area contributed by atoms with E-state index in [2.05, 4.69) is 20.5 Å². The molecule has 0 aliphatic heterocycles. The van der Waals surface area contributed by atoms with Gasteiger partial charge in [0, 0.05) is 6.07 Å². The Morgan fingerprint density at radius 1 is 1.43 bits per heavy atom. The Morgan fingerprint density at radius 3 is 2.87 bits per heavy atom. The van der Waals surface area contributed by atoms with E-state index < -0.39 is 17.7 Å². The highest BCUT2D eigenvalue weighted by Crippen LogP contribution is 2.22. The number of rotatable bonds is 3. The van der Waals surface area contributed by atoms with E-state index in [1.54, 1.807) is 31.2 Å². The van der Waals surface area contributed by atoms with Crippen LogP contribution in [0.1, 0.15) is 18.8 Å². The number of aromatic nitrogens is 4. The Hall–Kier alpha value is -2.87. The predicted molar refractivity (Wildman–Crippen MR) is 84.1 cm³/mol. The lowest BCUT2D eigenvalue weighted by Crippen LogP contribution is -2.32. The number of carbonyl (C=O) groups is 1. The summed E-state index contributed by atoms with van der Waals surface area (Å²) in [5.41, 5.74) is -0.00815. The van der Waals surface area contributed by atoms with Crippen LogP contribution in [0.15, 0.2) is 35.3 Å².